The molecule has 2 aliphatic rings. The summed E-state index contributed by atoms with van der Waals surface area (Å²) in [6.07, 6.45) is 2.47. The van der Waals surface area contributed by atoms with E-state index in [-0.39, 0.29) is 98.4 Å². The number of ketones is 1. The van der Waals surface area contributed by atoms with Crippen molar-refractivity contribution in [2.75, 3.05) is 145 Å². The Bertz CT molecular complexity index is 1260. The van der Waals surface area contributed by atoms with Crippen LogP contribution in [-0.2, 0) is 62.0 Å². The summed E-state index contributed by atoms with van der Waals surface area (Å²) in [5.74, 6) is -1.25. The zero-order valence-corrected chi connectivity index (χ0v) is 39.2. The minimum atomic E-state index is -0.249. The van der Waals surface area contributed by atoms with Gasteiger partial charge in [0.2, 0.25) is 35.4 Å². The summed E-state index contributed by atoms with van der Waals surface area (Å²) in [6, 6.07) is 0. The first-order valence-corrected chi connectivity index (χ1v) is 22.7. The molecule has 2 unspecified atom stereocenters. The number of imide groups is 2. The number of carbonyl (C=O) groups excluding carboxylic acids is 7. The highest BCUT2D eigenvalue weighted by Crippen LogP contribution is 2.19. The van der Waals surface area contributed by atoms with Crippen molar-refractivity contribution in [3.8, 4) is 0 Å². The number of likely N-dealkylation sites (N-methyl/N-ethyl adjacent to an activating group) is 3. The van der Waals surface area contributed by atoms with E-state index in [1.807, 2.05) is 13.8 Å². The van der Waals surface area contributed by atoms with Crippen molar-refractivity contribution in [3.05, 3.63) is 0 Å². The van der Waals surface area contributed by atoms with E-state index in [1.165, 1.54) is 9.80 Å². The van der Waals surface area contributed by atoms with Crippen LogP contribution < -0.4 is 26.6 Å². The Morgan fingerprint density at radius 2 is 0.905 bits per heavy atom. The molecule has 5 N–H and O–H groups in total. The second-order valence-corrected chi connectivity index (χ2v) is 14.6. The molecule has 2 aliphatic heterocycles. The number of nitrogens with one attached hydrogen (secondary N) is 5. The molecule has 0 bridgehead atoms. The fourth-order valence-corrected chi connectivity index (χ4v) is 5.68. The van der Waals surface area contributed by atoms with Crippen LogP contribution in [0.3, 0.4) is 0 Å². The van der Waals surface area contributed by atoms with Gasteiger partial charge in [-0.3, -0.25) is 43.4 Å². The van der Waals surface area contributed by atoms with Gasteiger partial charge in [-0.2, -0.15) is 0 Å². The van der Waals surface area contributed by atoms with Crippen molar-refractivity contribution >= 4 is 41.2 Å². The number of ether oxygens (including phenoxy) is 6. The molecule has 0 aromatic heterocycles. The number of Topliss-reactive ketones (excluding diaryl/α,β-unsaturated/α-hetero) is 1. The third kappa shape index (κ3) is 32.8. The molecule has 0 aromatic rings. The maximum atomic E-state index is 11.8. The topological polar surface area (TPSA) is 241 Å². The van der Waals surface area contributed by atoms with Crippen LogP contribution in [0, 0.1) is 11.8 Å². The van der Waals surface area contributed by atoms with Gasteiger partial charge in [0, 0.05) is 103 Å². The van der Waals surface area contributed by atoms with Crippen molar-refractivity contribution in [1.29, 1.82) is 0 Å². The van der Waals surface area contributed by atoms with Crippen molar-refractivity contribution in [2.45, 2.75) is 79.6 Å². The molecule has 2 atom stereocenters. The predicted molar refractivity (Wildman–Crippen MR) is 237 cm³/mol. The molecule has 0 aliphatic carbocycles. The smallest absolute Gasteiger partial charge is 0.232 e. The van der Waals surface area contributed by atoms with Gasteiger partial charge in [-0.1, -0.05) is 34.6 Å². The number of amides is 6. The lowest BCUT2D eigenvalue weighted by Gasteiger charge is -2.14. The number of carbonyl (C=O) groups is 7. The first kappa shape index (κ1) is 59.5. The van der Waals surface area contributed by atoms with Gasteiger partial charge >= 0.3 is 0 Å². The van der Waals surface area contributed by atoms with Gasteiger partial charge in [0.25, 0.3) is 0 Å². The number of rotatable bonds is 37. The fraction of sp³-hybridized carbons (Fsp3) is 0.837. The lowest BCUT2D eigenvalue weighted by Crippen LogP contribution is -2.38. The summed E-state index contributed by atoms with van der Waals surface area (Å²) in [5.41, 5.74) is 0. The molecule has 20 nitrogen and oxygen atoms in total. The van der Waals surface area contributed by atoms with Gasteiger partial charge in [0.1, 0.15) is 5.78 Å². The van der Waals surface area contributed by atoms with Crippen molar-refractivity contribution in [1.82, 2.24) is 36.4 Å². The van der Waals surface area contributed by atoms with Crippen LogP contribution >= 0.6 is 0 Å². The van der Waals surface area contributed by atoms with E-state index in [4.69, 9.17) is 28.4 Å². The average Bonchev–Trinajstić information content (AvgIpc) is 3.66. The van der Waals surface area contributed by atoms with E-state index in [9.17, 15) is 33.6 Å². The number of nitrogens with zero attached hydrogens (tertiary/aromatic N) is 2. The first-order valence-electron chi connectivity index (χ1n) is 22.7. The molecule has 366 valence electrons. The molecule has 20 heteroatoms. The second-order valence-electron chi connectivity index (χ2n) is 14.6. The Kier molecular flexibility index (Phi) is 39.0. The largest absolute Gasteiger partial charge is 0.379 e. The van der Waals surface area contributed by atoms with Crippen molar-refractivity contribution < 1.29 is 62.0 Å². The van der Waals surface area contributed by atoms with Crippen LogP contribution in [0.15, 0.2) is 0 Å². The summed E-state index contributed by atoms with van der Waals surface area (Å²) in [6.45, 7) is 22.1. The highest BCUT2D eigenvalue weighted by molar-refractivity contribution is 6.04. The number of hydrogen-bond donors (Lipinski definition) is 5. The van der Waals surface area contributed by atoms with E-state index in [0.29, 0.717) is 98.5 Å². The minimum absolute atomic E-state index is 0.00284. The van der Waals surface area contributed by atoms with E-state index < -0.39 is 0 Å². The number of likely N-dealkylation sites (tertiary alicyclic amines) is 2. The van der Waals surface area contributed by atoms with Crippen LogP contribution in [0.5, 0.6) is 0 Å². The van der Waals surface area contributed by atoms with E-state index in [0.717, 1.165) is 39.3 Å². The van der Waals surface area contributed by atoms with Gasteiger partial charge in [0.15, 0.2) is 0 Å². The molecule has 2 rings (SSSR count). The maximum absolute atomic E-state index is 11.8. The quantitative estimate of drug-likeness (QED) is 0.0409. The predicted octanol–water partition coefficient (Wildman–Crippen LogP) is 0.0591. The lowest BCUT2D eigenvalue weighted by molar-refractivity contribution is -0.141. The monoisotopic (exact) mass is 904 g/mol. The van der Waals surface area contributed by atoms with E-state index in [1.54, 1.807) is 20.9 Å². The van der Waals surface area contributed by atoms with Gasteiger partial charge in [-0.05, 0) is 26.1 Å². The molecule has 2 fully saturated rings. The normalized spacial score (nSPS) is 15.9. The molecule has 0 radical (unpaired) electrons. The van der Waals surface area contributed by atoms with Crippen molar-refractivity contribution in [3.63, 3.8) is 0 Å². The molecule has 0 aromatic carbocycles. The SMILES string of the molecule is CCNCCOCCOCCC(=O)NC.CCNCCOCCOCCC(=O)NCCN1C(=O)CC(C)C1=O.CCNCCOCCOCCCC(=O)CCN1C(=O)CC(C)C1=O. The standard InChI is InChI=1S/C17H30N2O5.C16H29N3O5.C10H22N2O3/c1-3-18-7-10-24-12-11-23-9-4-5-15(20)6-8-19-16(21)13-14(2)17(19)22;1-3-17-6-9-24-11-10-23-8-4-14(20)18-5-7-19-15(21)12-13(2)16(19)22;1-3-12-5-7-15-9-8-14-6-4-10(13)11-2/h14,18H,3-13H2,1-2H3;13,17H,3-12H2,1-2H3,(H,18,20);12H,3-9H2,1-2H3,(H,11,13). The molecule has 6 amide bonds. The fourth-order valence-electron chi connectivity index (χ4n) is 5.68. The summed E-state index contributed by atoms with van der Waals surface area (Å²) in [7, 11) is 1.62. The Morgan fingerprint density at radius 1 is 0.508 bits per heavy atom. The van der Waals surface area contributed by atoms with Gasteiger partial charge in [0.05, 0.1) is 72.7 Å². The Balaban J connectivity index is 0.000000944. The minimum Gasteiger partial charge on any atom is -0.379 e. The first-order chi connectivity index (χ1) is 30.4. The van der Waals surface area contributed by atoms with Crippen LogP contribution in [0.1, 0.15) is 79.6 Å². The van der Waals surface area contributed by atoms with Gasteiger partial charge in [-0.15, -0.1) is 0 Å². The second kappa shape index (κ2) is 41.2. The number of hydrogen-bond acceptors (Lipinski definition) is 16. The summed E-state index contributed by atoms with van der Waals surface area (Å²) >= 11 is 0. The lowest BCUT2D eigenvalue weighted by atomic mass is 10.1. The Morgan fingerprint density at radius 3 is 1.30 bits per heavy atom. The Hall–Kier alpha value is -3.47. The molecule has 2 saturated heterocycles. The zero-order valence-electron chi connectivity index (χ0n) is 39.2. The summed E-state index contributed by atoms with van der Waals surface area (Å²) in [5, 5.41) is 14.7. The Labute approximate surface area is 375 Å². The molecule has 2 heterocycles. The summed E-state index contributed by atoms with van der Waals surface area (Å²) < 4.78 is 31.9. The molecule has 0 saturated carbocycles. The molecule has 63 heavy (non-hydrogen) atoms. The van der Waals surface area contributed by atoms with Gasteiger partial charge in [-0.25, -0.2) is 0 Å². The highest BCUT2D eigenvalue weighted by Gasteiger charge is 2.36. The molecular formula is C43H81N7O13. The third-order valence-electron chi connectivity index (χ3n) is 9.32. The maximum Gasteiger partial charge on any atom is 0.232 e. The van der Waals surface area contributed by atoms with Crippen LogP contribution in [0.2, 0.25) is 0 Å². The van der Waals surface area contributed by atoms with Gasteiger partial charge < -0.3 is 55.0 Å². The third-order valence-corrected chi connectivity index (χ3v) is 9.32. The average molecular weight is 904 g/mol. The van der Waals surface area contributed by atoms with Crippen molar-refractivity contribution in [2.24, 2.45) is 11.8 Å². The summed E-state index contributed by atoms with van der Waals surface area (Å²) in [4.78, 5) is 83.3. The highest BCUT2D eigenvalue weighted by atomic mass is 16.5. The zero-order chi connectivity index (χ0) is 46.9. The van der Waals surface area contributed by atoms with Crippen LogP contribution in [0.4, 0.5) is 0 Å². The van der Waals surface area contributed by atoms with Crippen LogP contribution in [0.25, 0.3) is 0 Å². The molecule has 0 spiro atoms. The van der Waals surface area contributed by atoms with E-state index >= 15 is 0 Å². The van der Waals surface area contributed by atoms with E-state index in [2.05, 4.69) is 33.5 Å². The molecular weight excluding hydrogens is 823 g/mol. The van der Waals surface area contributed by atoms with Crippen LogP contribution in [-0.4, -0.2) is 196 Å².